The molecule has 0 atom stereocenters. The van der Waals surface area contributed by atoms with Crippen molar-refractivity contribution in [1.29, 1.82) is 0 Å². The van der Waals surface area contributed by atoms with E-state index < -0.39 is 23.8 Å². The number of aliphatic hydroxyl groups excluding tert-OH is 1. The van der Waals surface area contributed by atoms with Gasteiger partial charge in [0.05, 0.1) is 6.61 Å². The van der Waals surface area contributed by atoms with Gasteiger partial charge in [-0.25, -0.2) is 0 Å². The molecule has 0 rings (SSSR count). The summed E-state index contributed by atoms with van der Waals surface area (Å²) in [6.45, 7) is 3.70. The quantitative estimate of drug-likeness (QED) is 0.0453. The molecule has 0 saturated heterocycles. The van der Waals surface area contributed by atoms with E-state index >= 15 is 0 Å². The van der Waals surface area contributed by atoms with Gasteiger partial charge >= 0.3 is 0 Å². The smallest absolute Gasteiger partial charge is 0.204 e. The van der Waals surface area contributed by atoms with Crippen LogP contribution < -0.4 is 0 Å². The molecule has 0 aromatic heterocycles. The summed E-state index contributed by atoms with van der Waals surface area (Å²) < 4.78 is 0. The highest BCUT2D eigenvalue weighted by atomic mass is 16.3. The molecule has 4 nitrogen and oxygen atoms in total. The summed E-state index contributed by atoms with van der Waals surface area (Å²) >= 11 is 0. The van der Waals surface area contributed by atoms with E-state index in [-0.39, 0.29) is 12.8 Å². The minimum Gasteiger partial charge on any atom is -0.392 e. The predicted molar refractivity (Wildman–Crippen MR) is 181 cm³/mol. The van der Waals surface area contributed by atoms with E-state index in [2.05, 4.69) is 38.2 Å². The second-order valence-electron chi connectivity index (χ2n) is 12.5. The Bertz CT molecular complexity index is 614. The van der Waals surface area contributed by atoms with Crippen LogP contribution in [0.25, 0.3) is 0 Å². The maximum absolute atomic E-state index is 12.6. The lowest BCUT2D eigenvalue weighted by molar-refractivity contribution is -0.155. The summed E-state index contributed by atoms with van der Waals surface area (Å²) in [4.78, 5) is 25.2. The number of Topliss-reactive ketones (excluding diaryl/α,β-unsaturated/α-hetero) is 2. The van der Waals surface area contributed by atoms with Crippen LogP contribution in [0.2, 0.25) is 0 Å². The molecule has 0 fully saturated rings. The first-order chi connectivity index (χ1) is 20.5. The fraction of sp³-hybridized carbons (Fsp3) is 0.842. The van der Waals surface area contributed by atoms with Crippen LogP contribution in [-0.4, -0.2) is 34.0 Å². The van der Waals surface area contributed by atoms with Crippen molar-refractivity contribution >= 4 is 11.6 Å². The van der Waals surface area contributed by atoms with Crippen molar-refractivity contribution in [3.8, 4) is 0 Å². The third kappa shape index (κ3) is 24.2. The summed E-state index contributed by atoms with van der Waals surface area (Å²) in [5.41, 5.74) is -2.21. The molecule has 0 aliphatic carbocycles. The first kappa shape index (κ1) is 40.7. The molecule has 0 aliphatic heterocycles. The molecule has 0 bridgehead atoms. The van der Waals surface area contributed by atoms with Gasteiger partial charge in [-0.3, -0.25) is 9.59 Å². The number of aliphatic hydroxyl groups is 2. The Morgan fingerprint density at radius 2 is 0.714 bits per heavy atom. The molecule has 0 radical (unpaired) electrons. The lowest BCUT2D eigenvalue weighted by Gasteiger charge is -2.23. The molecule has 0 aromatic rings. The number of hydrogen-bond acceptors (Lipinski definition) is 4. The molecule has 42 heavy (non-hydrogen) atoms. The van der Waals surface area contributed by atoms with Crippen molar-refractivity contribution in [1.82, 2.24) is 0 Å². The third-order valence-corrected chi connectivity index (χ3v) is 8.48. The van der Waals surface area contributed by atoms with Crippen LogP contribution in [-0.2, 0) is 9.59 Å². The Kier molecular flexibility index (Phi) is 30.2. The molecule has 0 aromatic carbocycles. The van der Waals surface area contributed by atoms with Gasteiger partial charge in [0.25, 0.3) is 0 Å². The van der Waals surface area contributed by atoms with E-state index in [4.69, 9.17) is 0 Å². The highest BCUT2D eigenvalue weighted by Crippen LogP contribution is 2.18. The fourth-order valence-electron chi connectivity index (χ4n) is 5.46. The standard InChI is InChI=1S/C38H70O4/c1-3-5-7-9-11-13-15-17-19-21-23-25-27-29-31-33-36(40)38(42,35-39)37(41)34-32-30-28-26-24-22-20-18-16-14-12-10-8-6-4-2/h17-20,39,42H,3-16,21-35H2,1-2H3. The Hall–Kier alpha value is -1.26. The van der Waals surface area contributed by atoms with Crippen molar-refractivity contribution < 1.29 is 19.8 Å². The van der Waals surface area contributed by atoms with Crippen LogP contribution in [0.1, 0.15) is 194 Å². The molecular weight excluding hydrogens is 520 g/mol. The fourth-order valence-corrected chi connectivity index (χ4v) is 5.46. The Morgan fingerprint density at radius 3 is 1.00 bits per heavy atom. The van der Waals surface area contributed by atoms with Crippen molar-refractivity contribution in [2.75, 3.05) is 6.61 Å². The minimum absolute atomic E-state index is 0.160. The summed E-state index contributed by atoms with van der Waals surface area (Å²) in [5.74, 6) is -1.03. The number of carbonyl (C=O) groups excluding carboxylic acids is 2. The Morgan fingerprint density at radius 1 is 0.452 bits per heavy atom. The van der Waals surface area contributed by atoms with Crippen LogP contribution in [0.5, 0.6) is 0 Å². The van der Waals surface area contributed by atoms with Crippen molar-refractivity contribution in [2.24, 2.45) is 0 Å². The average molecular weight is 591 g/mol. The largest absolute Gasteiger partial charge is 0.392 e. The third-order valence-electron chi connectivity index (χ3n) is 8.48. The number of unbranched alkanes of at least 4 members (excludes halogenated alkanes) is 22. The van der Waals surface area contributed by atoms with E-state index in [9.17, 15) is 19.8 Å². The normalized spacial score (nSPS) is 13.3. The molecular formula is C38H70O4. The number of ketones is 2. The van der Waals surface area contributed by atoms with E-state index in [1.807, 2.05) is 0 Å². The van der Waals surface area contributed by atoms with Crippen molar-refractivity contribution in [3.05, 3.63) is 24.3 Å². The second-order valence-corrected chi connectivity index (χ2v) is 12.5. The lowest BCUT2D eigenvalue weighted by atomic mass is 9.88. The van der Waals surface area contributed by atoms with Gasteiger partial charge in [-0.15, -0.1) is 0 Å². The van der Waals surface area contributed by atoms with E-state index in [0.717, 1.165) is 64.2 Å². The predicted octanol–water partition coefficient (Wildman–Crippen LogP) is 10.9. The number of hydrogen-bond donors (Lipinski definition) is 2. The van der Waals surface area contributed by atoms with Gasteiger partial charge in [0, 0.05) is 12.8 Å². The lowest BCUT2D eigenvalue weighted by Crippen LogP contribution is -2.49. The van der Waals surface area contributed by atoms with E-state index in [0.29, 0.717) is 12.8 Å². The minimum atomic E-state index is -2.21. The zero-order valence-electron chi connectivity index (χ0n) is 28.0. The summed E-state index contributed by atoms with van der Waals surface area (Å²) in [5, 5.41) is 20.3. The van der Waals surface area contributed by atoms with Gasteiger partial charge < -0.3 is 10.2 Å². The first-order valence-corrected chi connectivity index (χ1v) is 18.2. The SMILES string of the molecule is CCCCCCCCC=CCCCCCCCC(=O)C(O)(CO)C(=O)CCCCCCCC=CCCCCCCCC. The van der Waals surface area contributed by atoms with Crippen molar-refractivity contribution in [2.45, 2.75) is 199 Å². The van der Waals surface area contributed by atoms with Gasteiger partial charge in [-0.1, -0.05) is 141 Å². The van der Waals surface area contributed by atoms with E-state index in [1.165, 1.54) is 89.9 Å². The van der Waals surface area contributed by atoms with Crippen LogP contribution >= 0.6 is 0 Å². The number of allylic oxidation sites excluding steroid dienone is 4. The topological polar surface area (TPSA) is 74.6 Å². The van der Waals surface area contributed by atoms with Gasteiger partial charge in [-0.2, -0.15) is 0 Å². The molecule has 0 unspecified atom stereocenters. The summed E-state index contributed by atoms with van der Waals surface area (Å²) in [7, 11) is 0. The Balaban J connectivity index is 3.77. The Labute approximate surface area is 261 Å². The van der Waals surface area contributed by atoms with Gasteiger partial charge in [0.1, 0.15) is 0 Å². The molecule has 0 amide bonds. The highest BCUT2D eigenvalue weighted by Gasteiger charge is 2.41. The first-order valence-electron chi connectivity index (χ1n) is 18.2. The zero-order valence-corrected chi connectivity index (χ0v) is 28.0. The zero-order chi connectivity index (χ0) is 31.0. The van der Waals surface area contributed by atoms with Crippen molar-refractivity contribution in [3.63, 3.8) is 0 Å². The van der Waals surface area contributed by atoms with Crippen LogP contribution in [0.4, 0.5) is 0 Å². The van der Waals surface area contributed by atoms with Gasteiger partial charge in [-0.05, 0) is 64.2 Å². The molecule has 0 spiro atoms. The monoisotopic (exact) mass is 591 g/mol. The molecule has 4 heteroatoms. The average Bonchev–Trinajstić information content (AvgIpc) is 3.00. The number of rotatable bonds is 33. The number of carbonyl (C=O) groups is 2. The van der Waals surface area contributed by atoms with E-state index in [1.54, 1.807) is 0 Å². The van der Waals surface area contributed by atoms with Gasteiger partial charge in [0.2, 0.25) is 5.60 Å². The summed E-state index contributed by atoms with van der Waals surface area (Å²) in [6.07, 6.45) is 40.1. The molecule has 0 heterocycles. The second kappa shape index (κ2) is 31.2. The molecule has 0 saturated carbocycles. The maximum Gasteiger partial charge on any atom is 0.204 e. The van der Waals surface area contributed by atoms with Gasteiger partial charge in [0.15, 0.2) is 11.6 Å². The molecule has 0 aliphatic rings. The van der Waals surface area contributed by atoms with Crippen LogP contribution in [0.3, 0.4) is 0 Å². The molecule has 246 valence electrons. The summed E-state index contributed by atoms with van der Waals surface area (Å²) in [6, 6.07) is 0. The van der Waals surface area contributed by atoms with Crippen LogP contribution in [0.15, 0.2) is 24.3 Å². The van der Waals surface area contributed by atoms with Crippen LogP contribution in [0, 0.1) is 0 Å². The highest BCUT2D eigenvalue weighted by molar-refractivity contribution is 6.10. The molecule has 2 N–H and O–H groups in total. The maximum atomic E-state index is 12.6.